The van der Waals surface area contributed by atoms with E-state index >= 15 is 0 Å². The SMILES string of the molecule is NC1(C(F)F)CCCN(c2ccccc2F)C1. The third-order valence-electron chi connectivity index (χ3n) is 3.18. The molecule has 1 aromatic rings. The standard InChI is InChI=1S/C12H15F3N2/c13-9-4-1-2-5-10(9)17-7-3-6-12(16,8-17)11(14)15/h1-2,4-5,11H,3,6-8,16H2. The van der Waals surface area contributed by atoms with Crippen LogP contribution in [0.3, 0.4) is 0 Å². The molecule has 2 N–H and O–H groups in total. The highest BCUT2D eigenvalue weighted by molar-refractivity contribution is 5.48. The molecule has 0 saturated carbocycles. The Hall–Kier alpha value is -1.23. The Labute approximate surface area is 98.2 Å². The summed E-state index contributed by atoms with van der Waals surface area (Å²) in [5.41, 5.74) is 4.49. The van der Waals surface area contributed by atoms with Crippen LogP contribution in [0.1, 0.15) is 12.8 Å². The molecular formula is C12H15F3N2. The van der Waals surface area contributed by atoms with E-state index in [1.165, 1.54) is 6.07 Å². The zero-order valence-corrected chi connectivity index (χ0v) is 9.37. The van der Waals surface area contributed by atoms with E-state index in [2.05, 4.69) is 0 Å². The molecule has 0 bridgehead atoms. The Morgan fingerprint density at radius 1 is 1.29 bits per heavy atom. The molecule has 2 rings (SSSR count). The fraction of sp³-hybridized carbons (Fsp3) is 0.500. The molecule has 1 heterocycles. The lowest BCUT2D eigenvalue weighted by Crippen LogP contribution is -2.59. The molecule has 94 valence electrons. The van der Waals surface area contributed by atoms with Gasteiger partial charge in [0.15, 0.2) is 0 Å². The van der Waals surface area contributed by atoms with Gasteiger partial charge in [0.1, 0.15) is 5.82 Å². The van der Waals surface area contributed by atoms with Gasteiger partial charge < -0.3 is 10.6 Å². The Balaban J connectivity index is 2.21. The summed E-state index contributed by atoms with van der Waals surface area (Å²) in [6.45, 7) is 0.554. The summed E-state index contributed by atoms with van der Waals surface area (Å²) in [7, 11) is 0. The van der Waals surface area contributed by atoms with Crippen molar-refractivity contribution >= 4 is 5.69 Å². The van der Waals surface area contributed by atoms with Gasteiger partial charge in [0, 0.05) is 13.1 Å². The van der Waals surface area contributed by atoms with Crippen LogP contribution >= 0.6 is 0 Å². The lowest BCUT2D eigenvalue weighted by Gasteiger charge is -2.40. The van der Waals surface area contributed by atoms with Crippen molar-refractivity contribution in [1.29, 1.82) is 0 Å². The Bertz CT molecular complexity index is 397. The molecule has 0 spiro atoms. The summed E-state index contributed by atoms with van der Waals surface area (Å²) in [4.78, 5) is 1.60. The maximum absolute atomic E-state index is 13.6. The van der Waals surface area contributed by atoms with E-state index in [4.69, 9.17) is 5.73 Å². The second-order valence-electron chi connectivity index (χ2n) is 4.51. The first-order valence-electron chi connectivity index (χ1n) is 5.59. The van der Waals surface area contributed by atoms with E-state index in [0.29, 0.717) is 18.7 Å². The van der Waals surface area contributed by atoms with Crippen LogP contribution < -0.4 is 10.6 Å². The van der Waals surface area contributed by atoms with Crippen molar-refractivity contribution in [3.05, 3.63) is 30.1 Å². The zero-order chi connectivity index (χ0) is 12.5. The van der Waals surface area contributed by atoms with Crippen LogP contribution in [0.25, 0.3) is 0 Å². The minimum atomic E-state index is -2.59. The number of halogens is 3. The van der Waals surface area contributed by atoms with E-state index in [0.717, 1.165) is 0 Å². The Kier molecular flexibility index (Phi) is 3.28. The fourth-order valence-electron chi connectivity index (χ4n) is 2.20. The third kappa shape index (κ3) is 2.39. The van der Waals surface area contributed by atoms with Crippen molar-refractivity contribution in [3.63, 3.8) is 0 Å². The van der Waals surface area contributed by atoms with Crippen molar-refractivity contribution in [1.82, 2.24) is 0 Å². The number of hydrogen-bond acceptors (Lipinski definition) is 2. The second-order valence-corrected chi connectivity index (χ2v) is 4.51. The maximum atomic E-state index is 13.6. The molecule has 1 unspecified atom stereocenters. The van der Waals surface area contributed by atoms with Crippen LogP contribution in [-0.2, 0) is 0 Å². The molecule has 0 aliphatic carbocycles. The van der Waals surface area contributed by atoms with Crippen LogP contribution in [0.4, 0.5) is 18.9 Å². The number of para-hydroxylation sites is 1. The summed E-state index contributed by atoms with van der Waals surface area (Å²) >= 11 is 0. The summed E-state index contributed by atoms with van der Waals surface area (Å²) in [5.74, 6) is -0.397. The molecule has 1 aliphatic rings. The monoisotopic (exact) mass is 244 g/mol. The number of rotatable bonds is 2. The van der Waals surface area contributed by atoms with Crippen LogP contribution in [0.15, 0.2) is 24.3 Å². The third-order valence-corrected chi connectivity index (χ3v) is 3.18. The molecule has 17 heavy (non-hydrogen) atoms. The molecular weight excluding hydrogens is 229 g/mol. The molecule has 1 fully saturated rings. The van der Waals surface area contributed by atoms with Gasteiger partial charge in [0.05, 0.1) is 11.2 Å². The van der Waals surface area contributed by atoms with Crippen molar-refractivity contribution in [2.24, 2.45) is 5.73 Å². The van der Waals surface area contributed by atoms with Crippen molar-refractivity contribution in [2.45, 2.75) is 24.8 Å². The molecule has 1 saturated heterocycles. The number of alkyl halides is 2. The minimum Gasteiger partial charge on any atom is -0.367 e. The van der Waals surface area contributed by atoms with Crippen molar-refractivity contribution < 1.29 is 13.2 Å². The molecule has 1 aliphatic heterocycles. The van der Waals surface area contributed by atoms with Gasteiger partial charge in [-0.3, -0.25) is 0 Å². The summed E-state index contributed by atoms with van der Waals surface area (Å²) in [6, 6.07) is 6.18. The van der Waals surface area contributed by atoms with Gasteiger partial charge in [0.2, 0.25) is 0 Å². The van der Waals surface area contributed by atoms with Crippen LogP contribution in [0.5, 0.6) is 0 Å². The van der Waals surface area contributed by atoms with Gasteiger partial charge in [0.25, 0.3) is 6.43 Å². The topological polar surface area (TPSA) is 29.3 Å². The Morgan fingerprint density at radius 2 is 2.00 bits per heavy atom. The predicted octanol–water partition coefficient (Wildman–Crippen LogP) is 2.39. The number of hydrogen-bond donors (Lipinski definition) is 1. The summed E-state index contributed by atoms with van der Waals surface area (Å²) < 4.78 is 39.3. The summed E-state index contributed by atoms with van der Waals surface area (Å²) in [6.07, 6.45) is -1.76. The molecule has 0 aromatic heterocycles. The lowest BCUT2D eigenvalue weighted by molar-refractivity contribution is 0.0447. The molecule has 0 amide bonds. The van der Waals surface area contributed by atoms with Crippen LogP contribution in [-0.4, -0.2) is 25.1 Å². The van der Waals surface area contributed by atoms with Gasteiger partial charge in [-0.1, -0.05) is 12.1 Å². The number of nitrogens with zero attached hydrogens (tertiary/aromatic N) is 1. The average molecular weight is 244 g/mol. The molecule has 0 radical (unpaired) electrons. The smallest absolute Gasteiger partial charge is 0.258 e. The van der Waals surface area contributed by atoms with E-state index in [1.807, 2.05) is 0 Å². The van der Waals surface area contributed by atoms with Crippen molar-refractivity contribution in [2.75, 3.05) is 18.0 Å². The molecule has 1 aromatic carbocycles. The number of piperidine rings is 1. The van der Waals surface area contributed by atoms with Gasteiger partial charge >= 0.3 is 0 Å². The number of anilines is 1. The van der Waals surface area contributed by atoms with Gasteiger partial charge in [-0.15, -0.1) is 0 Å². The highest BCUT2D eigenvalue weighted by atomic mass is 19.3. The largest absolute Gasteiger partial charge is 0.367 e. The predicted molar refractivity (Wildman–Crippen MR) is 60.8 cm³/mol. The second kappa shape index (κ2) is 4.56. The highest BCUT2D eigenvalue weighted by Gasteiger charge is 2.40. The zero-order valence-electron chi connectivity index (χ0n) is 9.37. The highest BCUT2D eigenvalue weighted by Crippen LogP contribution is 2.29. The number of nitrogens with two attached hydrogens (primary N) is 1. The van der Waals surface area contributed by atoms with Gasteiger partial charge in [-0.25, -0.2) is 13.2 Å². The van der Waals surface area contributed by atoms with Gasteiger partial charge in [-0.05, 0) is 25.0 Å². The maximum Gasteiger partial charge on any atom is 0.258 e. The van der Waals surface area contributed by atoms with Crippen LogP contribution in [0.2, 0.25) is 0 Å². The number of benzene rings is 1. The first-order chi connectivity index (χ1) is 8.03. The van der Waals surface area contributed by atoms with E-state index in [1.54, 1.807) is 23.1 Å². The molecule has 5 heteroatoms. The average Bonchev–Trinajstić information content (AvgIpc) is 2.29. The van der Waals surface area contributed by atoms with Crippen LogP contribution in [0, 0.1) is 5.82 Å². The van der Waals surface area contributed by atoms with Crippen molar-refractivity contribution in [3.8, 4) is 0 Å². The van der Waals surface area contributed by atoms with E-state index in [9.17, 15) is 13.2 Å². The summed E-state index contributed by atoms with van der Waals surface area (Å²) in [5, 5.41) is 0. The fourth-order valence-corrected chi connectivity index (χ4v) is 2.20. The lowest BCUT2D eigenvalue weighted by atomic mass is 9.90. The normalized spacial score (nSPS) is 25.4. The molecule has 2 nitrogen and oxygen atoms in total. The minimum absolute atomic E-state index is 0.00833. The quantitative estimate of drug-likeness (QED) is 0.865. The first-order valence-corrected chi connectivity index (χ1v) is 5.59. The van der Waals surface area contributed by atoms with Gasteiger partial charge in [-0.2, -0.15) is 0 Å². The Morgan fingerprint density at radius 3 is 2.65 bits per heavy atom. The molecule has 1 atom stereocenters. The van der Waals surface area contributed by atoms with E-state index in [-0.39, 0.29) is 13.0 Å². The first kappa shape index (κ1) is 12.2. The van der Waals surface area contributed by atoms with E-state index < -0.39 is 17.8 Å².